The molecule has 1 aliphatic rings. The van der Waals surface area contributed by atoms with Crippen molar-refractivity contribution in [3.8, 4) is 5.69 Å². The van der Waals surface area contributed by atoms with E-state index in [0.717, 1.165) is 68.0 Å². The third-order valence-electron chi connectivity index (χ3n) is 5.80. The summed E-state index contributed by atoms with van der Waals surface area (Å²) in [5.74, 6) is 1.13. The Hall–Kier alpha value is -2.92. The lowest BCUT2D eigenvalue weighted by Gasteiger charge is -2.14. The summed E-state index contributed by atoms with van der Waals surface area (Å²) in [5, 5.41) is 2.81. The normalized spacial score (nSPS) is 15.8. The first kappa shape index (κ1) is 18.1. The molecule has 5 rings (SSSR count). The first-order valence-electron chi connectivity index (χ1n) is 9.98. The number of thiophene rings is 1. The topological polar surface area (TPSA) is 37.6 Å². The van der Waals surface area contributed by atoms with Crippen molar-refractivity contribution in [1.29, 1.82) is 0 Å². The number of rotatable bonds is 2. The SMILES string of the molecule is Cc1ccccc1-n1c(=O)c2ccccc2c2c(N=C3CCCN3C)c(C)sc21. The Morgan fingerprint density at radius 3 is 2.45 bits per heavy atom. The van der Waals surface area contributed by atoms with E-state index in [4.69, 9.17) is 4.99 Å². The number of pyridine rings is 1. The fourth-order valence-electron chi connectivity index (χ4n) is 4.25. The lowest BCUT2D eigenvalue weighted by Crippen LogP contribution is -2.19. The van der Waals surface area contributed by atoms with Crippen LogP contribution in [-0.2, 0) is 0 Å². The summed E-state index contributed by atoms with van der Waals surface area (Å²) >= 11 is 1.66. The minimum Gasteiger partial charge on any atom is -0.363 e. The van der Waals surface area contributed by atoms with Crippen LogP contribution < -0.4 is 5.56 Å². The summed E-state index contributed by atoms with van der Waals surface area (Å²) in [7, 11) is 2.11. The van der Waals surface area contributed by atoms with Crippen molar-refractivity contribution in [2.75, 3.05) is 13.6 Å². The molecule has 0 radical (unpaired) electrons. The molecule has 0 spiro atoms. The van der Waals surface area contributed by atoms with Crippen LogP contribution in [0, 0.1) is 13.8 Å². The fourth-order valence-corrected chi connectivity index (χ4v) is 5.37. The van der Waals surface area contributed by atoms with E-state index in [-0.39, 0.29) is 5.56 Å². The van der Waals surface area contributed by atoms with E-state index in [1.165, 1.54) is 0 Å². The molecular formula is C24H23N3OS. The van der Waals surface area contributed by atoms with Gasteiger partial charge in [-0.05, 0) is 43.4 Å². The number of fused-ring (bicyclic) bond motifs is 3. The zero-order chi connectivity index (χ0) is 20.1. The largest absolute Gasteiger partial charge is 0.363 e. The van der Waals surface area contributed by atoms with E-state index < -0.39 is 0 Å². The van der Waals surface area contributed by atoms with Crippen LogP contribution in [0.1, 0.15) is 23.3 Å². The maximum atomic E-state index is 13.5. The predicted octanol–water partition coefficient (Wildman–Crippen LogP) is 5.58. The molecule has 0 bridgehead atoms. The second kappa shape index (κ2) is 6.85. The van der Waals surface area contributed by atoms with Crippen LogP contribution in [0.15, 0.2) is 58.3 Å². The molecule has 0 N–H and O–H groups in total. The third kappa shape index (κ3) is 2.80. The zero-order valence-electron chi connectivity index (χ0n) is 16.9. The molecule has 4 nitrogen and oxygen atoms in total. The summed E-state index contributed by atoms with van der Waals surface area (Å²) in [4.78, 5) is 23.0. The van der Waals surface area contributed by atoms with Crippen LogP contribution >= 0.6 is 11.3 Å². The number of hydrogen-bond donors (Lipinski definition) is 0. The van der Waals surface area contributed by atoms with Crippen molar-refractivity contribution >= 4 is 43.8 Å². The number of amidine groups is 1. The molecule has 2 aromatic heterocycles. The Kier molecular flexibility index (Phi) is 4.28. The van der Waals surface area contributed by atoms with Gasteiger partial charge in [-0.15, -0.1) is 11.3 Å². The molecule has 1 aliphatic heterocycles. The van der Waals surface area contributed by atoms with Crippen LogP contribution in [0.5, 0.6) is 0 Å². The van der Waals surface area contributed by atoms with Crippen molar-refractivity contribution in [1.82, 2.24) is 9.47 Å². The van der Waals surface area contributed by atoms with Gasteiger partial charge in [-0.1, -0.05) is 36.4 Å². The zero-order valence-corrected chi connectivity index (χ0v) is 17.7. The molecule has 1 saturated heterocycles. The maximum Gasteiger partial charge on any atom is 0.264 e. The molecule has 29 heavy (non-hydrogen) atoms. The number of benzene rings is 2. The average Bonchev–Trinajstić information content (AvgIpc) is 3.27. The van der Waals surface area contributed by atoms with Gasteiger partial charge >= 0.3 is 0 Å². The number of nitrogens with zero attached hydrogens (tertiary/aromatic N) is 3. The van der Waals surface area contributed by atoms with Gasteiger partial charge in [0.25, 0.3) is 5.56 Å². The first-order chi connectivity index (χ1) is 14.1. The summed E-state index contributed by atoms with van der Waals surface area (Å²) in [6.07, 6.45) is 2.15. The smallest absolute Gasteiger partial charge is 0.264 e. The molecule has 0 atom stereocenters. The van der Waals surface area contributed by atoms with E-state index >= 15 is 0 Å². The predicted molar refractivity (Wildman–Crippen MR) is 123 cm³/mol. The Morgan fingerprint density at radius 1 is 1.00 bits per heavy atom. The molecule has 4 aromatic rings. The van der Waals surface area contributed by atoms with Gasteiger partial charge in [0, 0.05) is 35.7 Å². The first-order valence-corrected chi connectivity index (χ1v) is 10.8. The number of likely N-dealkylation sites (tertiary alicyclic amines) is 1. The van der Waals surface area contributed by atoms with Crippen LogP contribution in [0.3, 0.4) is 0 Å². The lowest BCUT2D eigenvalue weighted by atomic mass is 10.1. The third-order valence-corrected chi connectivity index (χ3v) is 6.88. The van der Waals surface area contributed by atoms with E-state index in [2.05, 4.69) is 37.9 Å². The molecule has 5 heteroatoms. The summed E-state index contributed by atoms with van der Waals surface area (Å²) in [6, 6.07) is 16.0. The Bertz CT molecular complexity index is 1350. The minimum atomic E-state index is 0.0286. The maximum absolute atomic E-state index is 13.5. The van der Waals surface area contributed by atoms with E-state index in [0.29, 0.717) is 0 Å². The van der Waals surface area contributed by atoms with Crippen LogP contribution in [0.2, 0.25) is 0 Å². The Balaban J connectivity index is 1.95. The highest BCUT2D eigenvalue weighted by molar-refractivity contribution is 7.19. The monoisotopic (exact) mass is 401 g/mol. The molecule has 0 saturated carbocycles. The van der Waals surface area contributed by atoms with Crippen molar-refractivity contribution < 1.29 is 0 Å². The van der Waals surface area contributed by atoms with Crippen molar-refractivity contribution in [2.45, 2.75) is 26.7 Å². The molecule has 1 fully saturated rings. The van der Waals surface area contributed by atoms with Gasteiger partial charge in [-0.2, -0.15) is 0 Å². The van der Waals surface area contributed by atoms with Crippen molar-refractivity contribution in [3.63, 3.8) is 0 Å². The van der Waals surface area contributed by atoms with Crippen molar-refractivity contribution in [2.24, 2.45) is 4.99 Å². The molecule has 2 aromatic carbocycles. The van der Waals surface area contributed by atoms with Crippen molar-refractivity contribution in [3.05, 3.63) is 69.3 Å². The summed E-state index contributed by atoms with van der Waals surface area (Å²) in [6.45, 7) is 5.22. The standard InChI is InChI=1S/C24H23N3OS/c1-15-9-4-7-12-19(15)27-23(28)18-11-6-5-10-17(18)21-22(16(2)29-24(21)27)25-20-13-8-14-26(20)3/h4-7,9-12H,8,13-14H2,1-3H3. The molecular weight excluding hydrogens is 378 g/mol. The molecule has 146 valence electrons. The highest BCUT2D eigenvalue weighted by Crippen LogP contribution is 2.42. The molecule has 0 amide bonds. The van der Waals surface area contributed by atoms with E-state index in [9.17, 15) is 4.79 Å². The Labute approximate surface area is 173 Å². The highest BCUT2D eigenvalue weighted by Gasteiger charge is 2.22. The van der Waals surface area contributed by atoms with Crippen LogP contribution in [0.4, 0.5) is 5.69 Å². The lowest BCUT2D eigenvalue weighted by molar-refractivity contribution is 0.550. The minimum absolute atomic E-state index is 0.0286. The summed E-state index contributed by atoms with van der Waals surface area (Å²) < 4.78 is 1.88. The molecule has 0 aliphatic carbocycles. The average molecular weight is 402 g/mol. The number of para-hydroxylation sites is 1. The fraction of sp³-hybridized carbons (Fsp3) is 0.250. The van der Waals surface area contributed by atoms with Gasteiger partial charge in [0.05, 0.1) is 11.4 Å². The van der Waals surface area contributed by atoms with Gasteiger partial charge < -0.3 is 4.90 Å². The van der Waals surface area contributed by atoms with Gasteiger partial charge in [-0.3, -0.25) is 9.36 Å². The number of aryl methyl sites for hydroxylation is 2. The van der Waals surface area contributed by atoms with Gasteiger partial charge in [0.15, 0.2) is 0 Å². The summed E-state index contributed by atoms with van der Waals surface area (Å²) in [5.41, 5.74) is 3.06. The number of aromatic nitrogens is 1. The molecule has 0 unspecified atom stereocenters. The number of hydrogen-bond acceptors (Lipinski definition) is 3. The van der Waals surface area contributed by atoms with Crippen LogP contribution in [0.25, 0.3) is 26.7 Å². The molecule has 3 heterocycles. The van der Waals surface area contributed by atoms with E-state index in [1.54, 1.807) is 11.3 Å². The quantitative estimate of drug-likeness (QED) is 0.440. The Morgan fingerprint density at radius 2 is 1.72 bits per heavy atom. The second-order valence-electron chi connectivity index (χ2n) is 7.71. The van der Waals surface area contributed by atoms with Crippen LogP contribution in [-0.4, -0.2) is 28.9 Å². The van der Waals surface area contributed by atoms with Gasteiger partial charge in [0.1, 0.15) is 10.7 Å². The van der Waals surface area contributed by atoms with E-state index in [1.807, 2.05) is 41.0 Å². The highest BCUT2D eigenvalue weighted by atomic mass is 32.1. The second-order valence-corrected chi connectivity index (χ2v) is 8.92. The van der Waals surface area contributed by atoms with Gasteiger partial charge in [-0.25, -0.2) is 4.99 Å². The number of aliphatic imine (C=N–C) groups is 1. The van der Waals surface area contributed by atoms with Gasteiger partial charge in [0.2, 0.25) is 0 Å².